The zero-order chi connectivity index (χ0) is 18.3. The molecule has 2 aromatic carbocycles. The van der Waals surface area contributed by atoms with Crippen molar-refractivity contribution in [1.82, 2.24) is 0 Å². The molecule has 4 rings (SSSR count). The Morgan fingerprint density at radius 2 is 1.81 bits per heavy atom. The van der Waals surface area contributed by atoms with Gasteiger partial charge >= 0.3 is 5.97 Å². The highest BCUT2D eigenvalue weighted by Gasteiger charge is 2.52. The molecule has 0 aromatic heterocycles. The van der Waals surface area contributed by atoms with Crippen LogP contribution in [0.3, 0.4) is 0 Å². The smallest absolute Gasteiger partial charge is 0.329 e. The molecule has 1 fully saturated rings. The molecule has 0 radical (unpaired) electrons. The second-order valence-electron chi connectivity index (χ2n) is 6.93. The Morgan fingerprint density at radius 1 is 1.15 bits per heavy atom. The van der Waals surface area contributed by atoms with Crippen LogP contribution in [0.2, 0.25) is 0 Å². The summed E-state index contributed by atoms with van der Waals surface area (Å²) in [4.78, 5) is 27.4. The first-order valence-corrected chi connectivity index (χ1v) is 8.84. The van der Waals surface area contributed by atoms with Crippen molar-refractivity contribution in [2.24, 2.45) is 5.92 Å². The number of esters is 1. The molecule has 134 valence electrons. The average Bonchev–Trinajstić information content (AvgIpc) is 3.39. The van der Waals surface area contributed by atoms with Crippen LogP contribution in [0.1, 0.15) is 29.3 Å². The number of fused-ring (bicyclic) bond motifs is 1. The van der Waals surface area contributed by atoms with Crippen molar-refractivity contribution in [2.45, 2.75) is 38.2 Å². The summed E-state index contributed by atoms with van der Waals surface area (Å²) in [5.74, 6) is -1.17. The van der Waals surface area contributed by atoms with Crippen LogP contribution >= 0.6 is 0 Å². The molecule has 0 saturated heterocycles. The van der Waals surface area contributed by atoms with Crippen LogP contribution in [0.15, 0.2) is 54.6 Å². The van der Waals surface area contributed by atoms with Crippen LogP contribution in [0.5, 0.6) is 0 Å². The van der Waals surface area contributed by atoms with E-state index < -0.39 is 24.1 Å². The molecule has 0 amide bonds. The molecule has 4 unspecified atom stereocenters. The number of ether oxygens (including phenoxy) is 1. The van der Waals surface area contributed by atoms with E-state index in [2.05, 4.69) is 0 Å². The molecule has 1 saturated carbocycles. The van der Waals surface area contributed by atoms with Crippen molar-refractivity contribution in [1.29, 1.82) is 0 Å². The maximum absolute atomic E-state index is 13.9. The highest BCUT2D eigenvalue weighted by Crippen LogP contribution is 2.43. The molecule has 0 N–H and O–H groups in total. The first-order chi connectivity index (χ1) is 12.6. The number of anilines is 1. The minimum absolute atomic E-state index is 0.102. The molecule has 0 bridgehead atoms. The average molecular weight is 353 g/mol. The van der Waals surface area contributed by atoms with Crippen LogP contribution < -0.4 is 4.90 Å². The molecule has 5 heteroatoms. The van der Waals surface area contributed by atoms with E-state index in [0.29, 0.717) is 17.7 Å². The van der Waals surface area contributed by atoms with E-state index >= 15 is 0 Å². The van der Waals surface area contributed by atoms with Gasteiger partial charge in [-0.05, 0) is 17.7 Å². The number of hydrogen-bond donors (Lipinski definition) is 0. The van der Waals surface area contributed by atoms with Gasteiger partial charge in [-0.3, -0.25) is 4.79 Å². The molecule has 4 nitrogen and oxygen atoms in total. The lowest BCUT2D eigenvalue weighted by molar-refractivity contribution is -0.147. The fourth-order valence-electron chi connectivity index (χ4n) is 3.64. The predicted octanol–water partition coefficient (Wildman–Crippen LogP) is 3.55. The number of ketones is 1. The van der Waals surface area contributed by atoms with Crippen LogP contribution in [0.4, 0.5) is 10.1 Å². The minimum Gasteiger partial charge on any atom is -0.459 e. The number of nitrogens with zero attached hydrogens (tertiary/aromatic N) is 1. The van der Waals surface area contributed by atoms with Gasteiger partial charge in [0, 0.05) is 17.7 Å². The SMILES string of the molecule is CC1C(=O)c2ccccc2N(C2CC2F)C1C(=O)OCc1ccccc1. The summed E-state index contributed by atoms with van der Waals surface area (Å²) in [5, 5.41) is 0. The summed E-state index contributed by atoms with van der Waals surface area (Å²) in [7, 11) is 0. The summed E-state index contributed by atoms with van der Waals surface area (Å²) < 4.78 is 19.4. The number of carbonyl (C=O) groups is 2. The van der Waals surface area contributed by atoms with Gasteiger partial charge < -0.3 is 9.64 Å². The van der Waals surface area contributed by atoms with Crippen molar-refractivity contribution in [3.63, 3.8) is 0 Å². The quantitative estimate of drug-likeness (QED) is 0.789. The molecule has 26 heavy (non-hydrogen) atoms. The van der Waals surface area contributed by atoms with E-state index in [1.165, 1.54) is 0 Å². The van der Waals surface area contributed by atoms with Gasteiger partial charge in [0.05, 0.1) is 12.0 Å². The molecule has 2 aromatic rings. The molecular formula is C21H20FNO3. The topological polar surface area (TPSA) is 46.6 Å². The largest absolute Gasteiger partial charge is 0.459 e. The Kier molecular flexibility index (Phi) is 4.23. The summed E-state index contributed by atoms with van der Waals surface area (Å²) >= 11 is 0. The van der Waals surface area contributed by atoms with Crippen molar-refractivity contribution in [2.75, 3.05) is 4.90 Å². The normalized spacial score (nSPS) is 27.0. The monoisotopic (exact) mass is 353 g/mol. The predicted molar refractivity (Wildman–Crippen MR) is 95.7 cm³/mol. The van der Waals surface area contributed by atoms with Crippen molar-refractivity contribution in [3.8, 4) is 0 Å². The van der Waals surface area contributed by atoms with E-state index in [1.54, 1.807) is 36.1 Å². The number of rotatable bonds is 4. The molecule has 1 aliphatic carbocycles. The third kappa shape index (κ3) is 2.87. The second-order valence-corrected chi connectivity index (χ2v) is 6.93. The number of hydrogen-bond acceptors (Lipinski definition) is 4. The van der Waals surface area contributed by atoms with E-state index in [-0.39, 0.29) is 18.4 Å². The summed E-state index contributed by atoms with van der Waals surface area (Å²) in [6.07, 6.45) is -0.606. The third-order valence-corrected chi connectivity index (χ3v) is 5.14. The zero-order valence-electron chi connectivity index (χ0n) is 14.5. The third-order valence-electron chi connectivity index (χ3n) is 5.14. The van der Waals surface area contributed by atoms with Gasteiger partial charge in [-0.2, -0.15) is 0 Å². The highest BCUT2D eigenvalue weighted by atomic mass is 19.1. The first-order valence-electron chi connectivity index (χ1n) is 8.84. The molecule has 1 aliphatic heterocycles. The molecule has 2 aliphatic rings. The summed E-state index contributed by atoms with van der Waals surface area (Å²) in [6, 6.07) is 15.3. The molecule has 0 spiro atoms. The van der Waals surface area contributed by atoms with Crippen LogP contribution in [-0.2, 0) is 16.1 Å². The van der Waals surface area contributed by atoms with Gasteiger partial charge in [0.15, 0.2) is 5.78 Å². The lowest BCUT2D eigenvalue weighted by Crippen LogP contribution is -2.54. The van der Waals surface area contributed by atoms with Crippen LogP contribution in [-0.4, -0.2) is 30.0 Å². The van der Waals surface area contributed by atoms with Gasteiger partial charge in [-0.15, -0.1) is 0 Å². The Bertz CT molecular complexity index is 838. The summed E-state index contributed by atoms with van der Waals surface area (Å²) in [6.45, 7) is 1.85. The number of carbonyl (C=O) groups excluding carboxylic acids is 2. The highest BCUT2D eigenvalue weighted by molar-refractivity contribution is 6.08. The van der Waals surface area contributed by atoms with Crippen LogP contribution in [0.25, 0.3) is 0 Å². The maximum atomic E-state index is 13.9. The van der Waals surface area contributed by atoms with Gasteiger partial charge in [0.2, 0.25) is 0 Å². The van der Waals surface area contributed by atoms with E-state index in [9.17, 15) is 14.0 Å². The zero-order valence-corrected chi connectivity index (χ0v) is 14.5. The van der Waals surface area contributed by atoms with Crippen molar-refractivity contribution < 1.29 is 18.7 Å². The maximum Gasteiger partial charge on any atom is 0.329 e. The Hall–Kier alpha value is -2.69. The summed E-state index contributed by atoms with van der Waals surface area (Å²) in [5.41, 5.74) is 2.05. The number of halogens is 1. The number of benzene rings is 2. The van der Waals surface area contributed by atoms with Crippen LogP contribution in [0, 0.1) is 5.92 Å². The molecular weight excluding hydrogens is 333 g/mol. The number of alkyl halides is 1. The minimum atomic E-state index is -0.979. The molecule has 1 heterocycles. The van der Waals surface area contributed by atoms with Gasteiger partial charge in [-0.25, -0.2) is 9.18 Å². The standard InChI is InChI=1S/C21H20FNO3/c1-13-19(21(25)26-12-14-7-3-2-4-8-14)23(18-11-16(18)22)17-10-6-5-9-15(17)20(13)24/h2-10,13,16,18-19H,11-12H2,1H3. The van der Waals surface area contributed by atoms with Gasteiger partial charge in [0.25, 0.3) is 0 Å². The van der Waals surface area contributed by atoms with Crippen molar-refractivity contribution >= 4 is 17.4 Å². The Balaban J connectivity index is 1.62. The van der Waals surface area contributed by atoms with E-state index in [4.69, 9.17) is 4.74 Å². The lowest BCUT2D eigenvalue weighted by atomic mass is 9.85. The van der Waals surface area contributed by atoms with Gasteiger partial charge in [-0.1, -0.05) is 49.4 Å². The lowest BCUT2D eigenvalue weighted by Gasteiger charge is -2.40. The van der Waals surface area contributed by atoms with E-state index in [0.717, 1.165) is 5.56 Å². The Morgan fingerprint density at radius 3 is 2.50 bits per heavy atom. The number of para-hydroxylation sites is 1. The number of Topliss-reactive ketones (excluding diaryl/α,β-unsaturated/α-hetero) is 1. The first kappa shape index (κ1) is 16.8. The fourth-order valence-corrected chi connectivity index (χ4v) is 3.64. The second kappa shape index (κ2) is 6.56. The molecule has 4 atom stereocenters. The van der Waals surface area contributed by atoms with E-state index in [1.807, 2.05) is 30.3 Å². The Labute approximate surface area is 151 Å². The van der Waals surface area contributed by atoms with Crippen molar-refractivity contribution in [3.05, 3.63) is 65.7 Å². The fraction of sp³-hybridized carbons (Fsp3) is 0.333. The van der Waals surface area contributed by atoms with Gasteiger partial charge in [0.1, 0.15) is 18.8 Å².